The molecule has 1 fully saturated rings. The van der Waals surface area contributed by atoms with E-state index in [2.05, 4.69) is 5.43 Å². The summed E-state index contributed by atoms with van der Waals surface area (Å²) in [4.78, 5) is 30.7. The maximum atomic E-state index is 12.3. The highest BCUT2D eigenvalue weighted by Crippen LogP contribution is 2.34. The van der Waals surface area contributed by atoms with Crippen LogP contribution in [0.5, 0.6) is 0 Å². The highest BCUT2D eigenvalue weighted by molar-refractivity contribution is 6.42. The number of nitrogens with two attached hydrogens (primary N) is 1. The number of hydrogen-bond acceptors (Lipinski definition) is 5. The minimum Gasteiger partial charge on any atom is -0.444 e. The van der Waals surface area contributed by atoms with Crippen molar-refractivity contribution in [1.29, 1.82) is 0 Å². The van der Waals surface area contributed by atoms with Crippen LogP contribution in [0, 0.1) is 0 Å². The molecule has 0 saturated carbocycles. The molecule has 0 unspecified atom stereocenters. The summed E-state index contributed by atoms with van der Waals surface area (Å²) in [6, 6.07) is 3.39. The molecule has 2 aromatic rings. The van der Waals surface area contributed by atoms with Crippen LogP contribution in [-0.4, -0.2) is 45.1 Å². The number of nitrogens with one attached hydrogen (secondary N) is 1. The highest BCUT2D eigenvalue weighted by atomic mass is 35.5. The summed E-state index contributed by atoms with van der Waals surface area (Å²) in [5, 5.41) is 0.790. The number of fused-ring (bicyclic) bond motifs is 1. The van der Waals surface area contributed by atoms with E-state index in [4.69, 9.17) is 38.8 Å². The van der Waals surface area contributed by atoms with Crippen molar-refractivity contribution in [2.75, 3.05) is 13.1 Å². The SMILES string of the molecule is CC(C)(C)OC(=O)N1CCC(c2nc3cc(Cl)c(Cl)cc3n2CC(=O)NN)CC1. The van der Waals surface area contributed by atoms with Crippen LogP contribution in [0.3, 0.4) is 0 Å². The maximum Gasteiger partial charge on any atom is 0.410 e. The molecule has 1 aliphatic rings. The first kappa shape index (κ1) is 21.7. The Hall–Kier alpha value is -2.03. The van der Waals surface area contributed by atoms with E-state index in [9.17, 15) is 9.59 Å². The van der Waals surface area contributed by atoms with Crippen LogP contribution in [0.1, 0.15) is 45.4 Å². The lowest BCUT2D eigenvalue weighted by molar-refractivity contribution is -0.121. The molecular weight excluding hydrogens is 417 g/mol. The molecule has 1 aliphatic heterocycles. The van der Waals surface area contributed by atoms with Crippen LogP contribution in [0.15, 0.2) is 12.1 Å². The van der Waals surface area contributed by atoms with E-state index >= 15 is 0 Å². The van der Waals surface area contributed by atoms with Gasteiger partial charge in [0, 0.05) is 19.0 Å². The molecule has 0 radical (unpaired) electrons. The summed E-state index contributed by atoms with van der Waals surface area (Å²) in [6.07, 6.45) is 1.09. The second-order valence-electron chi connectivity index (χ2n) is 8.12. The number of imidazole rings is 1. The fourth-order valence-corrected chi connectivity index (χ4v) is 3.77. The van der Waals surface area contributed by atoms with Crippen molar-refractivity contribution in [2.24, 2.45) is 5.84 Å². The fraction of sp³-hybridized carbons (Fsp3) is 0.526. The number of aromatic nitrogens is 2. The molecule has 8 nitrogen and oxygen atoms in total. The number of halogens is 2. The summed E-state index contributed by atoms with van der Waals surface area (Å²) >= 11 is 12.3. The quantitative estimate of drug-likeness (QED) is 0.431. The molecule has 1 aromatic carbocycles. The van der Waals surface area contributed by atoms with Gasteiger partial charge in [0.25, 0.3) is 5.91 Å². The zero-order valence-corrected chi connectivity index (χ0v) is 18.2. The van der Waals surface area contributed by atoms with Gasteiger partial charge in [-0.15, -0.1) is 0 Å². The van der Waals surface area contributed by atoms with E-state index in [0.29, 0.717) is 47.0 Å². The Morgan fingerprint density at radius 3 is 2.45 bits per heavy atom. The van der Waals surface area contributed by atoms with Gasteiger partial charge >= 0.3 is 6.09 Å². The number of likely N-dealkylation sites (tertiary alicyclic amines) is 1. The molecule has 0 atom stereocenters. The molecule has 0 aliphatic carbocycles. The molecule has 10 heteroatoms. The highest BCUT2D eigenvalue weighted by Gasteiger charge is 2.30. The minimum atomic E-state index is -0.532. The van der Waals surface area contributed by atoms with Gasteiger partial charge in [-0.05, 0) is 45.7 Å². The van der Waals surface area contributed by atoms with Gasteiger partial charge in [0.1, 0.15) is 18.0 Å². The first-order chi connectivity index (χ1) is 13.6. The van der Waals surface area contributed by atoms with Crippen LogP contribution < -0.4 is 11.3 Å². The molecule has 158 valence electrons. The van der Waals surface area contributed by atoms with Gasteiger partial charge in [0.05, 0.1) is 21.1 Å². The van der Waals surface area contributed by atoms with Gasteiger partial charge in [-0.1, -0.05) is 23.2 Å². The Bertz CT molecular complexity index is 930. The van der Waals surface area contributed by atoms with Crippen LogP contribution in [0.25, 0.3) is 11.0 Å². The lowest BCUT2D eigenvalue weighted by atomic mass is 9.96. The Balaban J connectivity index is 1.85. The number of carbonyl (C=O) groups excluding carboxylic acids is 2. The van der Waals surface area contributed by atoms with E-state index in [1.165, 1.54) is 0 Å². The number of amides is 2. The predicted octanol–water partition coefficient (Wildman–Crippen LogP) is 3.45. The van der Waals surface area contributed by atoms with Crippen LogP contribution >= 0.6 is 23.2 Å². The first-order valence-electron chi connectivity index (χ1n) is 9.41. The standard InChI is InChI=1S/C19H25Cl2N5O3/c1-19(2,3)29-18(28)25-6-4-11(5-7-25)17-23-14-8-12(20)13(21)9-15(14)26(17)10-16(27)24-22/h8-9,11H,4-7,10,22H2,1-3H3,(H,24,27). The van der Waals surface area contributed by atoms with E-state index in [-0.39, 0.29) is 24.5 Å². The van der Waals surface area contributed by atoms with E-state index < -0.39 is 5.60 Å². The first-order valence-corrected chi connectivity index (χ1v) is 10.2. The Kier molecular flexibility index (Phi) is 6.26. The molecule has 0 bridgehead atoms. The van der Waals surface area contributed by atoms with Crippen LogP contribution in [0.4, 0.5) is 4.79 Å². The summed E-state index contributed by atoms with van der Waals surface area (Å²) in [5.74, 6) is 5.76. The third kappa shape index (κ3) is 4.94. The molecule has 2 heterocycles. The van der Waals surface area contributed by atoms with Gasteiger partial charge in [-0.3, -0.25) is 10.2 Å². The van der Waals surface area contributed by atoms with E-state index in [1.807, 2.05) is 25.3 Å². The van der Waals surface area contributed by atoms with E-state index in [1.54, 1.807) is 17.0 Å². The lowest BCUT2D eigenvalue weighted by Crippen LogP contribution is -2.41. The Morgan fingerprint density at radius 2 is 1.86 bits per heavy atom. The molecule has 2 amide bonds. The fourth-order valence-electron chi connectivity index (χ4n) is 3.45. The molecule has 0 spiro atoms. The Labute approximate surface area is 179 Å². The molecular formula is C19H25Cl2N5O3. The number of benzene rings is 1. The largest absolute Gasteiger partial charge is 0.444 e. The summed E-state index contributed by atoms with van der Waals surface area (Å²) in [7, 11) is 0. The van der Waals surface area contributed by atoms with Gasteiger partial charge in [-0.25, -0.2) is 15.6 Å². The van der Waals surface area contributed by atoms with Gasteiger partial charge < -0.3 is 14.2 Å². The number of hydrogen-bond donors (Lipinski definition) is 2. The second-order valence-corrected chi connectivity index (χ2v) is 8.93. The van der Waals surface area contributed by atoms with Gasteiger partial charge in [0.2, 0.25) is 0 Å². The summed E-state index contributed by atoms with van der Waals surface area (Å²) < 4.78 is 7.27. The van der Waals surface area contributed by atoms with Crippen LogP contribution in [0.2, 0.25) is 10.0 Å². The number of nitrogens with zero attached hydrogens (tertiary/aromatic N) is 3. The average molecular weight is 442 g/mol. The number of rotatable bonds is 3. The van der Waals surface area contributed by atoms with Crippen molar-refractivity contribution in [3.63, 3.8) is 0 Å². The smallest absolute Gasteiger partial charge is 0.410 e. The van der Waals surface area contributed by atoms with Crippen molar-refractivity contribution in [3.05, 3.63) is 28.0 Å². The molecule has 1 saturated heterocycles. The van der Waals surface area contributed by atoms with Crippen molar-refractivity contribution < 1.29 is 14.3 Å². The lowest BCUT2D eigenvalue weighted by Gasteiger charge is -2.33. The number of hydrazine groups is 1. The maximum absolute atomic E-state index is 12.3. The molecule has 3 N–H and O–H groups in total. The third-order valence-electron chi connectivity index (χ3n) is 4.79. The van der Waals surface area contributed by atoms with Crippen molar-refractivity contribution in [3.8, 4) is 0 Å². The number of piperidine rings is 1. The summed E-state index contributed by atoms with van der Waals surface area (Å²) in [6.45, 7) is 6.66. The van der Waals surface area contributed by atoms with Crippen molar-refractivity contribution >= 4 is 46.2 Å². The van der Waals surface area contributed by atoms with Gasteiger partial charge in [-0.2, -0.15) is 0 Å². The van der Waals surface area contributed by atoms with Crippen molar-refractivity contribution in [1.82, 2.24) is 19.9 Å². The minimum absolute atomic E-state index is 0.0204. The Morgan fingerprint density at radius 1 is 1.24 bits per heavy atom. The molecule has 3 rings (SSSR count). The molecule has 29 heavy (non-hydrogen) atoms. The summed E-state index contributed by atoms with van der Waals surface area (Å²) in [5.41, 5.74) is 3.00. The van der Waals surface area contributed by atoms with Crippen molar-refractivity contribution in [2.45, 2.75) is 51.7 Å². The average Bonchev–Trinajstić information content (AvgIpc) is 2.98. The van der Waals surface area contributed by atoms with Crippen LogP contribution in [-0.2, 0) is 16.1 Å². The number of carbonyl (C=O) groups is 2. The van der Waals surface area contributed by atoms with E-state index in [0.717, 1.165) is 5.82 Å². The number of ether oxygens (including phenoxy) is 1. The normalized spacial score (nSPS) is 15.6. The zero-order valence-electron chi connectivity index (χ0n) is 16.7. The van der Waals surface area contributed by atoms with Gasteiger partial charge in [0.15, 0.2) is 0 Å². The monoisotopic (exact) mass is 441 g/mol. The third-order valence-corrected chi connectivity index (χ3v) is 5.52. The topological polar surface area (TPSA) is 102 Å². The zero-order chi connectivity index (χ0) is 21.3. The predicted molar refractivity (Wildman–Crippen MR) is 112 cm³/mol. The molecule has 1 aromatic heterocycles. The second kappa shape index (κ2) is 8.38.